The average molecular weight is 354 g/mol. The zero-order valence-electron chi connectivity index (χ0n) is 15.3. The van der Waals surface area contributed by atoms with Crippen LogP contribution in [0.4, 0.5) is 11.5 Å². The lowest BCUT2D eigenvalue weighted by Crippen LogP contribution is -2.34. The van der Waals surface area contributed by atoms with Gasteiger partial charge in [0.1, 0.15) is 11.6 Å². The molecule has 0 spiro atoms. The molecule has 1 aromatic heterocycles. The topological polar surface area (TPSA) is 80.5 Å². The van der Waals surface area contributed by atoms with Gasteiger partial charge in [0.15, 0.2) is 0 Å². The number of likely N-dealkylation sites (tertiary alicyclic amines) is 1. The Morgan fingerprint density at radius 2 is 2.12 bits per heavy atom. The van der Waals surface area contributed by atoms with Crippen LogP contribution in [0.2, 0.25) is 0 Å². The highest BCUT2D eigenvalue weighted by molar-refractivity contribution is 5.99. The highest BCUT2D eigenvalue weighted by Gasteiger charge is 2.33. The minimum atomic E-state index is -0.00464. The molecule has 2 unspecified atom stereocenters. The third-order valence-corrected chi connectivity index (χ3v) is 4.72. The molecule has 0 bridgehead atoms. The number of hydrogen-bond acceptors (Lipinski definition) is 5. The number of nitrogens with two attached hydrogens (primary N) is 1. The van der Waals surface area contributed by atoms with Gasteiger partial charge >= 0.3 is 0 Å². The van der Waals surface area contributed by atoms with Gasteiger partial charge in [-0.2, -0.15) is 0 Å². The summed E-state index contributed by atoms with van der Waals surface area (Å²) in [5, 5.41) is 3.25. The molecule has 138 valence electrons. The number of aromatic nitrogens is 1. The number of carbonyl (C=O) groups excluding carboxylic acids is 1. The molecular formula is C20H26N4O2. The van der Waals surface area contributed by atoms with Crippen LogP contribution in [0.3, 0.4) is 0 Å². The third-order valence-electron chi connectivity index (χ3n) is 4.72. The second-order valence-electron chi connectivity index (χ2n) is 6.63. The molecule has 3 N–H and O–H groups in total. The normalized spacial score (nSPS) is 19.4. The lowest BCUT2D eigenvalue weighted by atomic mass is 10.1. The minimum absolute atomic E-state index is 0.00464. The third kappa shape index (κ3) is 3.96. The van der Waals surface area contributed by atoms with Gasteiger partial charge < -0.3 is 20.7 Å². The Kier molecular flexibility index (Phi) is 5.73. The van der Waals surface area contributed by atoms with Crippen molar-refractivity contribution in [2.45, 2.75) is 26.3 Å². The van der Waals surface area contributed by atoms with Gasteiger partial charge in [0, 0.05) is 24.5 Å². The number of anilines is 2. The first-order valence-electron chi connectivity index (χ1n) is 9.08. The van der Waals surface area contributed by atoms with Gasteiger partial charge in [0.25, 0.3) is 5.91 Å². The van der Waals surface area contributed by atoms with Crippen LogP contribution in [0.5, 0.6) is 5.75 Å². The van der Waals surface area contributed by atoms with Crippen LogP contribution in [-0.2, 0) is 0 Å². The van der Waals surface area contributed by atoms with Gasteiger partial charge in [-0.25, -0.2) is 4.98 Å². The summed E-state index contributed by atoms with van der Waals surface area (Å²) >= 11 is 0. The van der Waals surface area contributed by atoms with Crippen molar-refractivity contribution in [3.05, 3.63) is 48.2 Å². The Balaban J connectivity index is 1.78. The monoisotopic (exact) mass is 354 g/mol. The first-order chi connectivity index (χ1) is 12.6. The maximum absolute atomic E-state index is 13.1. The van der Waals surface area contributed by atoms with Gasteiger partial charge in [0.05, 0.1) is 12.2 Å². The van der Waals surface area contributed by atoms with Gasteiger partial charge in [-0.05, 0) is 69.1 Å². The van der Waals surface area contributed by atoms with Crippen LogP contribution in [-0.4, -0.2) is 41.5 Å². The Labute approximate surface area is 154 Å². The van der Waals surface area contributed by atoms with Crippen molar-refractivity contribution in [2.75, 3.05) is 25.0 Å². The molecule has 3 rings (SSSR count). The largest absolute Gasteiger partial charge is 0.494 e. The predicted octanol–water partition coefficient (Wildman–Crippen LogP) is 3.03. The van der Waals surface area contributed by atoms with Crippen molar-refractivity contribution in [1.82, 2.24) is 9.88 Å². The molecule has 2 atom stereocenters. The first-order valence-corrected chi connectivity index (χ1v) is 9.08. The molecule has 1 aliphatic heterocycles. The fraction of sp³-hybridized carbons (Fsp3) is 0.400. The van der Waals surface area contributed by atoms with Crippen molar-refractivity contribution in [3.8, 4) is 5.75 Å². The fourth-order valence-corrected chi connectivity index (χ4v) is 3.37. The summed E-state index contributed by atoms with van der Waals surface area (Å²) in [5.74, 6) is 1.74. The van der Waals surface area contributed by atoms with E-state index in [0.717, 1.165) is 17.9 Å². The van der Waals surface area contributed by atoms with E-state index in [1.165, 1.54) is 0 Å². The number of pyridine rings is 1. The Hall–Kier alpha value is -2.60. The highest BCUT2D eigenvalue weighted by atomic mass is 16.5. The number of nitrogens with zero attached hydrogens (tertiary/aromatic N) is 2. The molecule has 2 aromatic rings. The fourth-order valence-electron chi connectivity index (χ4n) is 3.37. The van der Waals surface area contributed by atoms with Gasteiger partial charge in [-0.1, -0.05) is 0 Å². The summed E-state index contributed by atoms with van der Waals surface area (Å²) in [6.45, 7) is 5.96. The Morgan fingerprint density at radius 3 is 2.77 bits per heavy atom. The summed E-state index contributed by atoms with van der Waals surface area (Å²) in [6.07, 6.45) is 2.63. The van der Waals surface area contributed by atoms with E-state index >= 15 is 0 Å². The quantitative estimate of drug-likeness (QED) is 0.833. The SMILES string of the molecule is CCOc1ccc(Nc2ncccc2C(=O)N2CC(CN)CC2C)cc1. The average Bonchev–Trinajstić information content (AvgIpc) is 3.04. The number of amides is 1. The van der Waals surface area contributed by atoms with Gasteiger partial charge in [-0.15, -0.1) is 0 Å². The lowest BCUT2D eigenvalue weighted by molar-refractivity contribution is 0.0744. The Morgan fingerprint density at radius 1 is 1.35 bits per heavy atom. The van der Waals surface area contributed by atoms with Crippen LogP contribution in [0.1, 0.15) is 30.6 Å². The van der Waals surface area contributed by atoms with Crippen LogP contribution in [0.25, 0.3) is 0 Å². The van der Waals surface area contributed by atoms with Crippen LogP contribution >= 0.6 is 0 Å². The number of carbonyl (C=O) groups is 1. The molecular weight excluding hydrogens is 328 g/mol. The van der Waals surface area contributed by atoms with E-state index in [1.807, 2.05) is 42.2 Å². The lowest BCUT2D eigenvalue weighted by Gasteiger charge is -2.22. The molecule has 6 nitrogen and oxygen atoms in total. The minimum Gasteiger partial charge on any atom is -0.494 e. The van der Waals surface area contributed by atoms with Crippen molar-refractivity contribution in [3.63, 3.8) is 0 Å². The molecule has 0 radical (unpaired) electrons. The summed E-state index contributed by atoms with van der Waals surface area (Å²) in [7, 11) is 0. The van der Waals surface area contributed by atoms with Gasteiger partial charge in [-0.3, -0.25) is 4.79 Å². The number of benzene rings is 1. The number of rotatable bonds is 6. The molecule has 0 aliphatic carbocycles. The van der Waals surface area contributed by atoms with Crippen molar-refractivity contribution in [2.24, 2.45) is 11.7 Å². The van der Waals surface area contributed by atoms with E-state index < -0.39 is 0 Å². The van der Waals surface area contributed by atoms with Crippen molar-refractivity contribution < 1.29 is 9.53 Å². The molecule has 2 heterocycles. The van der Waals surface area contributed by atoms with E-state index in [0.29, 0.717) is 37.0 Å². The van der Waals surface area contributed by atoms with Crippen LogP contribution in [0, 0.1) is 5.92 Å². The maximum Gasteiger partial charge on any atom is 0.257 e. The molecule has 26 heavy (non-hydrogen) atoms. The maximum atomic E-state index is 13.1. The number of nitrogens with one attached hydrogen (secondary N) is 1. The van der Waals surface area contributed by atoms with E-state index in [9.17, 15) is 4.79 Å². The molecule has 0 saturated carbocycles. The molecule has 1 fully saturated rings. The zero-order chi connectivity index (χ0) is 18.5. The second kappa shape index (κ2) is 8.19. The molecule has 6 heteroatoms. The highest BCUT2D eigenvalue weighted by Crippen LogP contribution is 2.27. The van der Waals surface area contributed by atoms with Crippen molar-refractivity contribution in [1.29, 1.82) is 0 Å². The van der Waals surface area contributed by atoms with E-state index in [1.54, 1.807) is 12.3 Å². The van der Waals surface area contributed by atoms with E-state index in [-0.39, 0.29) is 11.9 Å². The van der Waals surface area contributed by atoms with Crippen LogP contribution < -0.4 is 15.8 Å². The zero-order valence-corrected chi connectivity index (χ0v) is 15.3. The number of hydrogen-bond donors (Lipinski definition) is 2. The summed E-state index contributed by atoms with van der Waals surface area (Å²) in [4.78, 5) is 19.3. The van der Waals surface area contributed by atoms with E-state index in [4.69, 9.17) is 10.5 Å². The summed E-state index contributed by atoms with van der Waals surface area (Å²) in [5.41, 5.74) is 7.22. The number of ether oxygens (including phenoxy) is 1. The smallest absolute Gasteiger partial charge is 0.257 e. The molecule has 1 saturated heterocycles. The summed E-state index contributed by atoms with van der Waals surface area (Å²) in [6, 6.07) is 11.4. The van der Waals surface area contributed by atoms with Gasteiger partial charge in [0.2, 0.25) is 0 Å². The summed E-state index contributed by atoms with van der Waals surface area (Å²) < 4.78 is 5.46. The standard InChI is InChI=1S/C20H26N4O2/c1-3-26-17-8-6-16(7-9-17)23-19-18(5-4-10-22-19)20(25)24-13-15(12-21)11-14(24)2/h4-10,14-15H,3,11-13,21H2,1-2H3,(H,22,23). The first kappa shape index (κ1) is 18.2. The van der Waals surface area contributed by atoms with E-state index in [2.05, 4.69) is 17.2 Å². The molecule has 1 aliphatic rings. The molecule has 1 aromatic carbocycles. The van der Waals surface area contributed by atoms with Crippen LogP contribution in [0.15, 0.2) is 42.6 Å². The second-order valence-corrected chi connectivity index (χ2v) is 6.63. The van der Waals surface area contributed by atoms with Crippen molar-refractivity contribution >= 4 is 17.4 Å². The predicted molar refractivity (Wildman–Crippen MR) is 103 cm³/mol. The Bertz CT molecular complexity index is 748. The molecule has 1 amide bonds.